The van der Waals surface area contributed by atoms with Gasteiger partial charge in [0.25, 0.3) is 5.56 Å². The highest BCUT2D eigenvalue weighted by Crippen LogP contribution is 2.29. The lowest BCUT2D eigenvalue weighted by Gasteiger charge is -2.07. The lowest BCUT2D eigenvalue weighted by Crippen LogP contribution is -2.14. The molecule has 0 saturated carbocycles. The average molecular weight is 341 g/mol. The Morgan fingerprint density at radius 2 is 2.26 bits per heavy atom. The molecule has 0 aliphatic heterocycles. The number of nitrogens with one attached hydrogen (secondary N) is 1. The molecule has 0 fully saturated rings. The Morgan fingerprint density at radius 1 is 1.47 bits per heavy atom. The second-order valence-electron chi connectivity index (χ2n) is 3.47. The summed E-state index contributed by atoms with van der Waals surface area (Å²) in [7, 11) is 0. The first kappa shape index (κ1) is 13.6. The van der Waals surface area contributed by atoms with E-state index in [1.54, 1.807) is 12.1 Å². The summed E-state index contributed by atoms with van der Waals surface area (Å²) in [4.78, 5) is 18.6. The fraction of sp³-hybridized carbons (Fsp3) is 0. The molecule has 98 valence electrons. The van der Waals surface area contributed by atoms with Gasteiger partial charge in [-0.05, 0) is 18.2 Å². The number of halogens is 1. The normalized spacial score (nSPS) is 11.5. The van der Waals surface area contributed by atoms with Crippen LogP contribution in [-0.4, -0.2) is 21.0 Å². The number of benzene rings is 1. The SMILES string of the molecule is N/C(=N/O)c1cc(Br)ccc1Sc1nccc(=O)[nH]1. The van der Waals surface area contributed by atoms with Crippen LogP contribution in [0.25, 0.3) is 0 Å². The molecule has 0 unspecified atom stereocenters. The van der Waals surface area contributed by atoms with Gasteiger partial charge in [-0.1, -0.05) is 32.8 Å². The van der Waals surface area contributed by atoms with Gasteiger partial charge in [-0.3, -0.25) is 4.79 Å². The highest BCUT2D eigenvalue weighted by molar-refractivity contribution is 9.10. The van der Waals surface area contributed by atoms with E-state index in [1.807, 2.05) is 6.07 Å². The monoisotopic (exact) mass is 340 g/mol. The van der Waals surface area contributed by atoms with Gasteiger partial charge in [0.15, 0.2) is 11.0 Å². The quantitative estimate of drug-likeness (QED) is 0.260. The minimum Gasteiger partial charge on any atom is -0.409 e. The molecular weight excluding hydrogens is 332 g/mol. The first-order chi connectivity index (χ1) is 9.10. The lowest BCUT2D eigenvalue weighted by atomic mass is 10.2. The van der Waals surface area contributed by atoms with Crippen molar-refractivity contribution in [1.29, 1.82) is 0 Å². The predicted molar refractivity (Wildman–Crippen MR) is 75.6 cm³/mol. The Morgan fingerprint density at radius 3 is 2.95 bits per heavy atom. The molecular formula is C11H9BrN4O2S. The summed E-state index contributed by atoms with van der Waals surface area (Å²) >= 11 is 4.54. The molecule has 1 aromatic carbocycles. The van der Waals surface area contributed by atoms with E-state index in [4.69, 9.17) is 10.9 Å². The number of hydrogen-bond acceptors (Lipinski definition) is 5. The summed E-state index contributed by atoms with van der Waals surface area (Å²) in [6.07, 6.45) is 1.42. The zero-order chi connectivity index (χ0) is 13.8. The van der Waals surface area contributed by atoms with E-state index < -0.39 is 0 Å². The fourth-order valence-electron chi connectivity index (χ4n) is 1.35. The third-order valence-corrected chi connectivity index (χ3v) is 3.65. The maximum Gasteiger partial charge on any atom is 0.251 e. The van der Waals surface area contributed by atoms with E-state index in [0.29, 0.717) is 15.6 Å². The molecule has 0 amide bonds. The summed E-state index contributed by atoms with van der Waals surface area (Å²) in [6, 6.07) is 6.65. The van der Waals surface area contributed by atoms with Gasteiger partial charge in [-0.25, -0.2) is 4.98 Å². The van der Waals surface area contributed by atoms with Crippen molar-refractivity contribution in [3.8, 4) is 0 Å². The topological polar surface area (TPSA) is 104 Å². The summed E-state index contributed by atoms with van der Waals surface area (Å²) in [6.45, 7) is 0. The Bertz CT molecular complexity index is 686. The van der Waals surface area contributed by atoms with E-state index in [9.17, 15) is 4.79 Å². The molecule has 2 aromatic rings. The first-order valence-corrected chi connectivity index (χ1v) is 6.71. The second-order valence-corrected chi connectivity index (χ2v) is 5.41. The van der Waals surface area contributed by atoms with Crippen molar-refractivity contribution in [3.63, 3.8) is 0 Å². The molecule has 4 N–H and O–H groups in total. The van der Waals surface area contributed by atoms with Crippen molar-refractivity contribution < 1.29 is 5.21 Å². The van der Waals surface area contributed by atoms with Gasteiger partial charge in [0.2, 0.25) is 0 Å². The molecule has 0 aliphatic carbocycles. The van der Waals surface area contributed by atoms with E-state index in [1.165, 1.54) is 24.0 Å². The zero-order valence-corrected chi connectivity index (χ0v) is 11.9. The van der Waals surface area contributed by atoms with Crippen molar-refractivity contribution in [3.05, 3.63) is 50.9 Å². The molecule has 0 spiro atoms. The Labute approximate surface area is 120 Å². The van der Waals surface area contributed by atoms with Crippen LogP contribution in [0.15, 0.2) is 54.9 Å². The van der Waals surface area contributed by atoms with Gasteiger partial charge in [-0.15, -0.1) is 0 Å². The van der Waals surface area contributed by atoms with Gasteiger partial charge in [0.05, 0.1) is 0 Å². The summed E-state index contributed by atoms with van der Waals surface area (Å²) < 4.78 is 0.799. The number of aromatic amines is 1. The minimum absolute atomic E-state index is 0.0120. The second kappa shape index (κ2) is 5.89. The third-order valence-electron chi connectivity index (χ3n) is 2.18. The van der Waals surface area contributed by atoms with Crippen LogP contribution in [-0.2, 0) is 0 Å². The molecule has 2 rings (SSSR count). The van der Waals surface area contributed by atoms with E-state index in [-0.39, 0.29) is 11.4 Å². The molecule has 1 heterocycles. The average Bonchev–Trinajstić information content (AvgIpc) is 2.40. The van der Waals surface area contributed by atoms with Crippen LogP contribution in [0.1, 0.15) is 5.56 Å². The number of nitrogens with two attached hydrogens (primary N) is 1. The van der Waals surface area contributed by atoms with Crippen LogP contribution in [0.5, 0.6) is 0 Å². The number of rotatable bonds is 3. The molecule has 0 radical (unpaired) electrons. The van der Waals surface area contributed by atoms with Crippen LogP contribution in [0.3, 0.4) is 0 Å². The van der Waals surface area contributed by atoms with Crippen molar-refractivity contribution in [2.45, 2.75) is 10.1 Å². The zero-order valence-electron chi connectivity index (χ0n) is 9.50. The molecule has 1 aromatic heterocycles. The van der Waals surface area contributed by atoms with Crippen molar-refractivity contribution in [2.75, 3.05) is 0 Å². The number of hydrogen-bond donors (Lipinski definition) is 3. The van der Waals surface area contributed by atoms with Crippen molar-refractivity contribution in [1.82, 2.24) is 9.97 Å². The van der Waals surface area contributed by atoms with Gasteiger partial charge >= 0.3 is 0 Å². The first-order valence-electron chi connectivity index (χ1n) is 5.11. The third kappa shape index (κ3) is 3.36. The summed E-state index contributed by atoms with van der Waals surface area (Å²) in [5, 5.41) is 12.2. The van der Waals surface area contributed by atoms with E-state index in [2.05, 4.69) is 31.1 Å². The number of oxime groups is 1. The maximum atomic E-state index is 11.2. The Hall–Kier alpha value is -1.80. The van der Waals surface area contributed by atoms with Crippen LogP contribution in [0.2, 0.25) is 0 Å². The molecule has 0 aliphatic rings. The largest absolute Gasteiger partial charge is 0.409 e. The van der Waals surface area contributed by atoms with Crippen molar-refractivity contribution >= 4 is 33.5 Å². The summed E-state index contributed by atoms with van der Waals surface area (Å²) in [5.41, 5.74) is 5.93. The van der Waals surface area contributed by atoms with Crippen LogP contribution < -0.4 is 11.3 Å². The van der Waals surface area contributed by atoms with Crippen LogP contribution >= 0.6 is 27.7 Å². The van der Waals surface area contributed by atoms with E-state index in [0.717, 1.165) is 4.47 Å². The smallest absolute Gasteiger partial charge is 0.251 e. The highest BCUT2D eigenvalue weighted by Gasteiger charge is 2.10. The Kier molecular flexibility index (Phi) is 4.23. The number of amidine groups is 1. The maximum absolute atomic E-state index is 11.2. The molecule has 6 nitrogen and oxygen atoms in total. The van der Waals surface area contributed by atoms with Crippen LogP contribution in [0.4, 0.5) is 0 Å². The van der Waals surface area contributed by atoms with E-state index >= 15 is 0 Å². The van der Waals surface area contributed by atoms with Gasteiger partial charge in [0, 0.05) is 27.2 Å². The van der Waals surface area contributed by atoms with Gasteiger partial charge in [0.1, 0.15) is 0 Å². The highest BCUT2D eigenvalue weighted by atomic mass is 79.9. The molecule has 0 saturated heterocycles. The summed E-state index contributed by atoms with van der Waals surface area (Å²) in [5.74, 6) is -0.0120. The Balaban J connectivity index is 2.42. The number of H-pyrrole nitrogens is 1. The standard InChI is InChI=1S/C11H9BrN4O2S/c12-6-1-2-8(7(5-6)10(13)16-18)19-11-14-4-3-9(17)15-11/h1-5,18H,(H2,13,16)(H,14,15,17). The minimum atomic E-state index is -0.236. The number of aromatic nitrogens is 2. The molecule has 8 heteroatoms. The van der Waals surface area contributed by atoms with Crippen LogP contribution in [0, 0.1) is 0 Å². The lowest BCUT2D eigenvalue weighted by molar-refractivity contribution is 0.318. The van der Waals surface area contributed by atoms with Crippen molar-refractivity contribution in [2.24, 2.45) is 10.9 Å². The fourth-order valence-corrected chi connectivity index (χ4v) is 2.60. The predicted octanol–water partition coefficient (Wildman–Crippen LogP) is 1.78. The van der Waals surface area contributed by atoms with Gasteiger partial charge < -0.3 is 15.9 Å². The molecule has 0 bridgehead atoms. The number of nitrogens with zero attached hydrogens (tertiary/aromatic N) is 2. The molecule has 19 heavy (non-hydrogen) atoms. The molecule has 0 atom stereocenters. The van der Waals surface area contributed by atoms with Gasteiger partial charge in [-0.2, -0.15) is 0 Å².